The molecule has 158 valence electrons. The molecule has 0 aliphatic rings. The van der Waals surface area contributed by atoms with Crippen LogP contribution in [-0.2, 0) is 18.3 Å². The fraction of sp³-hybridized carbons (Fsp3) is 0.192. The minimum atomic E-state index is -0.830. The van der Waals surface area contributed by atoms with Crippen molar-refractivity contribution in [3.05, 3.63) is 84.1 Å². The highest BCUT2D eigenvalue weighted by Crippen LogP contribution is 2.40. The monoisotopic (exact) mass is 414 g/mol. The number of hydrogen-bond donors (Lipinski definition) is 2. The number of nitrogens with zero attached hydrogens (tertiary/aromatic N) is 1. The number of nitrogen functional groups attached to an aromatic ring is 1. The van der Waals surface area contributed by atoms with Gasteiger partial charge in [-0.2, -0.15) is 0 Å². The lowest BCUT2D eigenvalue weighted by atomic mass is 9.97. The van der Waals surface area contributed by atoms with Crippen LogP contribution in [0.25, 0.3) is 22.0 Å². The van der Waals surface area contributed by atoms with Gasteiger partial charge in [0.15, 0.2) is 5.75 Å². The predicted molar refractivity (Wildman–Crippen MR) is 124 cm³/mol. The standard InChI is InChI=1S/C26H26N2O3/c1-17(19-6-4-3-5-7-19)31-26-22(14-18(15-23(26)27)8-11-25(29)30)20-9-10-24-21(16-20)12-13-28(24)2/h3-7,9-10,12-17H,8,11,27H2,1-2H3,(H,29,30). The van der Waals surface area contributed by atoms with E-state index in [2.05, 4.69) is 28.8 Å². The number of rotatable bonds is 7. The third kappa shape index (κ3) is 4.40. The third-order valence-electron chi connectivity index (χ3n) is 5.56. The first-order valence-electron chi connectivity index (χ1n) is 10.3. The molecule has 4 rings (SSSR count). The number of nitrogens with two attached hydrogens (primary N) is 1. The summed E-state index contributed by atoms with van der Waals surface area (Å²) >= 11 is 0. The normalized spacial score (nSPS) is 12.1. The van der Waals surface area contributed by atoms with Crippen molar-refractivity contribution in [3.8, 4) is 16.9 Å². The molecule has 0 fully saturated rings. The molecule has 0 amide bonds. The van der Waals surface area contributed by atoms with Crippen LogP contribution in [0.15, 0.2) is 72.9 Å². The Morgan fingerprint density at radius 1 is 1.10 bits per heavy atom. The second-order valence-corrected chi connectivity index (χ2v) is 7.83. The summed E-state index contributed by atoms with van der Waals surface area (Å²) < 4.78 is 8.44. The lowest BCUT2D eigenvalue weighted by Crippen LogP contribution is -2.07. The summed E-state index contributed by atoms with van der Waals surface area (Å²) in [5.41, 5.74) is 11.9. The molecule has 0 aliphatic heterocycles. The van der Waals surface area contributed by atoms with Crippen LogP contribution in [0.5, 0.6) is 5.75 Å². The zero-order chi connectivity index (χ0) is 22.0. The van der Waals surface area contributed by atoms with E-state index in [1.54, 1.807) is 0 Å². The van der Waals surface area contributed by atoms with Gasteiger partial charge in [-0.05, 0) is 60.4 Å². The number of aliphatic carboxylic acids is 1. The van der Waals surface area contributed by atoms with E-state index >= 15 is 0 Å². The number of fused-ring (bicyclic) bond motifs is 1. The number of anilines is 1. The Bertz CT molecular complexity index is 1230. The quantitative estimate of drug-likeness (QED) is 0.387. The lowest BCUT2D eigenvalue weighted by molar-refractivity contribution is -0.136. The van der Waals surface area contributed by atoms with E-state index in [1.165, 1.54) is 0 Å². The summed E-state index contributed by atoms with van der Waals surface area (Å²) in [4.78, 5) is 11.1. The molecular formula is C26H26N2O3. The molecule has 0 bridgehead atoms. The van der Waals surface area contributed by atoms with Crippen LogP contribution < -0.4 is 10.5 Å². The third-order valence-corrected chi connectivity index (χ3v) is 5.56. The molecule has 1 unspecified atom stereocenters. The van der Waals surface area contributed by atoms with Crippen LogP contribution in [0.2, 0.25) is 0 Å². The van der Waals surface area contributed by atoms with Gasteiger partial charge in [0, 0.05) is 36.1 Å². The number of carbonyl (C=O) groups is 1. The molecule has 5 heteroatoms. The van der Waals surface area contributed by atoms with Gasteiger partial charge in [-0.1, -0.05) is 36.4 Å². The van der Waals surface area contributed by atoms with E-state index in [0.29, 0.717) is 17.9 Å². The van der Waals surface area contributed by atoms with Crippen molar-refractivity contribution in [2.45, 2.75) is 25.9 Å². The number of hydrogen-bond acceptors (Lipinski definition) is 3. The molecule has 0 spiro atoms. The van der Waals surface area contributed by atoms with Crippen molar-refractivity contribution < 1.29 is 14.6 Å². The largest absolute Gasteiger partial charge is 0.483 e. The van der Waals surface area contributed by atoms with Gasteiger partial charge in [0.2, 0.25) is 0 Å². The second kappa shape index (κ2) is 8.56. The van der Waals surface area contributed by atoms with Gasteiger partial charge in [0.1, 0.15) is 6.10 Å². The number of aryl methyl sites for hydroxylation is 2. The maximum Gasteiger partial charge on any atom is 0.303 e. The molecule has 0 saturated heterocycles. The first-order valence-corrected chi connectivity index (χ1v) is 10.3. The Hall–Kier alpha value is -3.73. The first kappa shape index (κ1) is 20.5. The summed E-state index contributed by atoms with van der Waals surface area (Å²) in [6.07, 6.45) is 2.31. The first-order chi connectivity index (χ1) is 14.9. The highest BCUT2D eigenvalue weighted by molar-refractivity contribution is 5.88. The highest BCUT2D eigenvalue weighted by Gasteiger charge is 2.17. The number of carboxylic acid groups (broad SMARTS) is 1. The van der Waals surface area contributed by atoms with Gasteiger partial charge in [-0.3, -0.25) is 4.79 Å². The molecule has 4 aromatic rings. The molecular weight excluding hydrogens is 388 g/mol. The number of benzene rings is 3. The molecule has 3 aromatic carbocycles. The smallest absolute Gasteiger partial charge is 0.303 e. The van der Waals surface area contributed by atoms with Crippen molar-refractivity contribution in [1.29, 1.82) is 0 Å². The molecule has 1 aromatic heterocycles. The summed E-state index contributed by atoms with van der Waals surface area (Å²) in [5, 5.41) is 10.2. The van der Waals surface area contributed by atoms with Gasteiger partial charge in [-0.25, -0.2) is 0 Å². The van der Waals surface area contributed by atoms with Crippen LogP contribution in [0, 0.1) is 0 Å². The average molecular weight is 415 g/mol. The topological polar surface area (TPSA) is 77.5 Å². The molecule has 5 nitrogen and oxygen atoms in total. The van der Waals surface area contributed by atoms with E-state index < -0.39 is 5.97 Å². The summed E-state index contributed by atoms with van der Waals surface area (Å²) in [6, 6.07) is 22.1. The van der Waals surface area contributed by atoms with Crippen LogP contribution in [0.3, 0.4) is 0 Å². The number of ether oxygens (including phenoxy) is 1. The lowest BCUT2D eigenvalue weighted by Gasteiger charge is -2.21. The van der Waals surface area contributed by atoms with E-state index in [-0.39, 0.29) is 12.5 Å². The number of aromatic nitrogens is 1. The summed E-state index contributed by atoms with van der Waals surface area (Å²) in [6.45, 7) is 2.00. The van der Waals surface area contributed by atoms with Crippen LogP contribution in [0.4, 0.5) is 5.69 Å². The Morgan fingerprint density at radius 3 is 2.61 bits per heavy atom. The fourth-order valence-electron chi connectivity index (χ4n) is 3.87. The molecule has 3 N–H and O–H groups in total. The zero-order valence-corrected chi connectivity index (χ0v) is 17.7. The Morgan fingerprint density at radius 2 is 1.87 bits per heavy atom. The Labute approximate surface area is 181 Å². The van der Waals surface area contributed by atoms with Gasteiger partial charge >= 0.3 is 5.97 Å². The molecule has 31 heavy (non-hydrogen) atoms. The van der Waals surface area contributed by atoms with Crippen molar-refractivity contribution in [2.75, 3.05) is 5.73 Å². The minimum absolute atomic E-state index is 0.0528. The Kier molecular flexibility index (Phi) is 5.67. The van der Waals surface area contributed by atoms with Crippen molar-refractivity contribution >= 4 is 22.6 Å². The average Bonchev–Trinajstić information content (AvgIpc) is 3.14. The van der Waals surface area contributed by atoms with Crippen molar-refractivity contribution in [1.82, 2.24) is 4.57 Å². The molecule has 0 aliphatic carbocycles. The van der Waals surface area contributed by atoms with Crippen LogP contribution in [0.1, 0.15) is 30.6 Å². The molecule has 1 atom stereocenters. The molecule has 0 radical (unpaired) electrons. The van der Waals surface area contributed by atoms with Gasteiger partial charge < -0.3 is 20.1 Å². The van der Waals surface area contributed by atoms with E-state index in [0.717, 1.165) is 33.2 Å². The summed E-state index contributed by atoms with van der Waals surface area (Å²) in [5.74, 6) is -0.213. The maximum absolute atomic E-state index is 11.1. The van der Waals surface area contributed by atoms with Gasteiger partial charge in [0.25, 0.3) is 0 Å². The van der Waals surface area contributed by atoms with E-state index in [9.17, 15) is 4.79 Å². The fourth-order valence-corrected chi connectivity index (χ4v) is 3.87. The summed E-state index contributed by atoms with van der Waals surface area (Å²) in [7, 11) is 2.02. The second-order valence-electron chi connectivity index (χ2n) is 7.83. The van der Waals surface area contributed by atoms with Crippen molar-refractivity contribution in [3.63, 3.8) is 0 Å². The SMILES string of the molecule is CC(Oc1c(N)cc(CCC(=O)O)cc1-c1ccc2c(ccn2C)c1)c1ccccc1. The zero-order valence-electron chi connectivity index (χ0n) is 17.7. The van der Waals surface area contributed by atoms with Crippen molar-refractivity contribution in [2.24, 2.45) is 7.05 Å². The number of carboxylic acids is 1. The highest BCUT2D eigenvalue weighted by atomic mass is 16.5. The van der Waals surface area contributed by atoms with E-state index in [4.69, 9.17) is 15.6 Å². The van der Waals surface area contributed by atoms with E-state index in [1.807, 2.05) is 62.6 Å². The van der Waals surface area contributed by atoms with Crippen LogP contribution in [-0.4, -0.2) is 15.6 Å². The molecule has 0 saturated carbocycles. The van der Waals surface area contributed by atoms with Crippen LogP contribution >= 0.6 is 0 Å². The van der Waals surface area contributed by atoms with Gasteiger partial charge in [-0.15, -0.1) is 0 Å². The maximum atomic E-state index is 11.1. The minimum Gasteiger partial charge on any atom is -0.483 e. The predicted octanol–water partition coefficient (Wildman–Crippen LogP) is 5.58. The molecule has 1 heterocycles. The Balaban J connectivity index is 1.79. The van der Waals surface area contributed by atoms with Gasteiger partial charge in [0.05, 0.1) is 5.69 Å².